The van der Waals surface area contributed by atoms with Crippen molar-refractivity contribution in [1.29, 1.82) is 0 Å². The van der Waals surface area contributed by atoms with E-state index in [2.05, 4.69) is 32.8 Å². The van der Waals surface area contributed by atoms with Crippen LogP contribution in [0.25, 0.3) is 0 Å². The lowest BCUT2D eigenvalue weighted by Gasteiger charge is -2.59. The fraction of sp³-hybridized carbons (Fsp3) is 0.840. The van der Waals surface area contributed by atoms with Gasteiger partial charge in [-0.3, -0.25) is 0 Å². The molecule has 3 fully saturated rings. The van der Waals surface area contributed by atoms with E-state index in [0.717, 1.165) is 30.1 Å². The monoisotopic (exact) mass is 354 g/mol. The molecule has 0 radical (unpaired) electrons. The Morgan fingerprint density at radius 3 is 2.69 bits per heavy atom. The number of fused-ring (bicyclic) bond motifs is 5. The smallest absolute Gasteiger partial charge is 0.0761 e. The maximum Gasteiger partial charge on any atom is 0.0761 e. The van der Waals surface area contributed by atoms with Crippen LogP contribution in [0.1, 0.15) is 85.5 Å². The first kappa shape index (κ1) is 18.6. The fourth-order valence-corrected chi connectivity index (χ4v) is 8.19. The summed E-state index contributed by atoms with van der Waals surface area (Å²) in [5.41, 5.74) is 1.81. The van der Waals surface area contributed by atoms with Gasteiger partial charge in [-0.05, 0) is 98.7 Å². The van der Waals surface area contributed by atoms with Gasteiger partial charge in [0.1, 0.15) is 0 Å². The molecular weight excluding hydrogens is 316 g/mol. The number of terminal acetylenes is 1. The van der Waals surface area contributed by atoms with Gasteiger partial charge in [0.25, 0.3) is 0 Å². The first-order valence-corrected chi connectivity index (χ1v) is 11.1. The topological polar surface area (TPSA) is 20.2 Å². The van der Waals surface area contributed by atoms with Crippen LogP contribution in [-0.2, 0) is 0 Å². The Labute approximate surface area is 161 Å². The van der Waals surface area contributed by atoms with Gasteiger partial charge in [-0.1, -0.05) is 32.4 Å². The Hall–Kier alpha value is -0.740. The summed E-state index contributed by atoms with van der Waals surface area (Å²) >= 11 is 0. The lowest BCUT2D eigenvalue weighted by molar-refractivity contribution is -0.0982. The molecule has 144 valence electrons. The van der Waals surface area contributed by atoms with Gasteiger partial charge in [0.2, 0.25) is 0 Å². The van der Waals surface area contributed by atoms with Crippen LogP contribution in [0.2, 0.25) is 0 Å². The molecule has 0 aliphatic heterocycles. The predicted octanol–water partition coefficient (Wildman–Crippen LogP) is 5.98. The van der Waals surface area contributed by atoms with Gasteiger partial charge < -0.3 is 5.11 Å². The summed E-state index contributed by atoms with van der Waals surface area (Å²) in [4.78, 5) is 0. The van der Waals surface area contributed by atoms with E-state index in [1.54, 1.807) is 5.57 Å². The van der Waals surface area contributed by atoms with Crippen LogP contribution in [0.3, 0.4) is 0 Å². The van der Waals surface area contributed by atoms with Crippen LogP contribution in [0.5, 0.6) is 0 Å². The summed E-state index contributed by atoms with van der Waals surface area (Å²) in [5.74, 6) is 6.43. The highest BCUT2D eigenvalue weighted by molar-refractivity contribution is 5.25. The molecule has 1 N–H and O–H groups in total. The van der Waals surface area contributed by atoms with Gasteiger partial charge in [-0.15, -0.1) is 12.3 Å². The minimum Gasteiger partial charge on any atom is -0.389 e. The molecule has 0 amide bonds. The summed E-state index contributed by atoms with van der Waals surface area (Å²) in [6, 6.07) is 0. The predicted molar refractivity (Wildman–Crippen MR) is 108 cm³/mol. The molecule has 26 heavy (non-hydrogen) atoms. The first-order chi connectivity index (χ1) is 12.2. The third kappa shape index (κ3) is 2.55. The number of allylic oxidation sites excluding steroid dienone is 2. The summed E-state index contributed by atoms with van der Waals surface area (Å²) in [6.07, 6.45) is 19.2. The molecular formula is C25H38O. The molecule has 0 aromatic heterocycles. The highest BCUT2D eigenvalue weighted by atomic mass is 16.3. The van der Waals surface area contributed by atoms with E-state index in [9.17, 15) is 5.11 Å². The Kier molecular flexibility index (Phi) is 4.39. The van der Waals surface area contributed by atoms with Crippen LogP contribution >= 0.6 is 0 Å². The van der Waals surface area contributed by atoms with E-state index < -0.39 is 5.60 Å². The SMILES string of the molecule is C#CC[C@](C)(O)[C@H]1CC[C@H]2[C@@H]3CC=C4C[C@@H](C)CC[C@]4(C)[C@H]3CC[C@@]21C. The Morgan fingerprint density at radius 1 is 1.19 bits per heavy atom. The van der Waals surface area contributed by atoms with Crippen LogP contribution in [0.15, 0.2) is 11.6 Å². The van der Waals surface area contributed by atoms with Crippen LogP contribution < -0.4 is 0 Å². The second-order valence-corrected chi connectivity index (χ2v) is 11.0. The van der Waals surface area contributed by atoms with Crippen LogP contribution in [0.4, 0.5) is 0 Å². The van der Waals surface area contributed by atoms with Crippen LogP contribution in [0, 0.1) is 52.8 Å². The molecule has 0 aromatic rings. The van der Waals surface area contributed by atoms with Crippen molar-refractivity contribution >= 4 is 0 Å². The largest absolute Gasteiger partial charge is 0.389 e. The summed E-state index contributed by atoms with van der Waals surface area (Å²) in [7, 11) is 0. The van der Waals surface area contributed by atoms with E-state index in [1.165, 1.54) is 44.9 Å². The van der Waals surface area contributed by atoms with Gasteiger partial charge in [0, 0.05) is 6.42 Å². The van der Waals surface area contributed by atoms with Crippen molar-refractivity contribution in [2.75, 3.05) is 0 Å². The first-order valence-electron chi connectivity index (χ1n) is 11.1. The van der Waals surface area contributed by atoms with Crippen molar-refractivity contribution < 1.29 is 5.11 Å². The lowest BCUT2D eigenvalue weighted by atomic mass is 9.46. The summed E-state index contributed by atoms with van der Waals surface area (Å²) < 4.78 is 0. The number of hydrogen-bond donors (Lipinski definition) is 1. The van der Waals surface area contributed by atoms with Crippen LogP contribution in [-0.4, -0.2) is 10.7 Å². The van der Waals surface area contributed by atoms with Gasteiger partial charge in [-0.2, -0.15) is 0 Å². The zero-order valence-corrected chi connectivity index (χ0v) is 17.4. The van der Waals surface area contributed by atoms with E-state index >= 15 is 0 Å². The molecule has 0 spiro atoms. The van der Waals surface area contributed by atoms with E-state index in [1.807, 2.05) is 6.92 Å². The van der Waals surface area contributed by atoms with Gasteiger partial charge in [0.15, 0.2) is 0 Å². The average molecular weight is 355 g/mol. The summed E-state index contributed by atoms with van der Waals surface area (Å²) in [6.45, 7) is 9.51. The fourth-order valence-electron chi connectivity index (χ4n) is 8.19. The van der Waals surface area contributed by atoms with Gasteiger partial charge in [0.05, 0.1) is 5.60 Å². The molecule has 4 rings (SSSR count). The van der Waals surface area contributed by atoms with Crippen molar-refractivity contribution in [1.82, 2.24) is 0 Å². The molecule has 4 aliphatic carbocycles. The molecule has 0 aromatic carbocycles. The van der Waals surface area contributed by atoms with E-state index in [-0.39, 0.29) is 5.41 Å². The highest BCUT2D eigenvalue weighted by Gasteiger charge is 2.61. The molecule has 0 heterocycles. The molecule has 4 aliphatic rings. The molecule has 1 nitrogen and oxygen atoms in total. The van der Waals surface area contributed by atoms with E-state index in [0.29, 0.717) is 17.8 Å². The Bertz CT molecular complexity index is 637. The third-order valence-corrected chi connectivity index (χ3v) is 9.56. The minimum absolute atomic E-state index is 0.269. The Balaban J connectivity index is 1.63. The van der Waals surface area contributed by atoms with Gasteiger partial charge >= 0.3 is 0 Å². The highest BCUT2D eigenvalue weighted by Crippen LogP contribution is 2.67. The maximum atomic E-state index is 11.1. The zero-order chi connectivity index (χ0) is 18.7. The maximum absolute atomic E-state index is 11.1. The van der Waals surface area contributed by atoms with Gasteiger partial charge in [-0.25, -0.2) is 0 Å². The number of aliphatic hydroxyl groups is 1. The second kappa shape index (κ2) is 6.13. The number of hydrogen-bond acceptors (Lipinski definition) is 1. The third-order valence-electron chi connectivity index (χ3n) is 9.56. The molecule has 0 unspecified atom stereocenters. The standard InChI is InChI=1S/C25H38O/c1-6-13-25(5,26)22-10-9-20-19-8-7-18-16-17(2)11-14-23(18,3)21(19)12-15-24(20,22)4/h1,7,17,19-22,26H,8-16H2,2-5H3/t17-,19-,20-,21-,22-,23-,24-,25-/m0/s1. The van der Waals surface area contributed by atoms with Crippen molar-refractivity contribution in [3.63, 3.8) is 0 Å². The van der Waals surface area contributed by atoms with E-state index in [4.69, 9.17) is 6.42 Å². The summed E-state index contributed by atoms with van der Waals surface area (Å²) in [5, 5.41) is 11.1. The molecule has 0 saturated heterocycles. The molecule has 8 atom stereocenters. The number of rotatable bonds is 2. The normalized spacial score (nSPS) is 49.8. The Morgan fingerprint density at radius 2 is 1.96 bits per heavy atom. The zero-order valence-electron chi connectivity index (χ0n) is 17.4. The average Bonchev–Trinajstić information content (AvgIpc) is 2.93. The van der Waals surface area contributed by atoms with Crippen molar-refractivity contribution in [2.45, 2.75) is 91.1 Å². The molecule has 3 saturated carbocycles. The van der Waals surface area contributed by atoms with Crippen molar-refractivity contribution in [3.8, 4) is 12.3 Å². The second-order valence-electron chi connectivity index (χ2n) is 11.0. The van der Waals surface area contributed by atoms with Crippen molar-refractivity contribution in [3.05, 3.63) is 11.6 Å². The lowest BCUT2D eigenvalue weighted by Crippen LogP contribution is -2.52. The molecule has 1 heteroatoms. The quantitative estimate of drug-likeness (QED) is 0.478. The molecule has 0 bridgehead atoms. The minimum atomic E-state index is -0.703. The van der Waals surface area contributed by atoms with Crippen molar-refractivity contribution in [2.24, 2.45) is 40.4 Å².